The first-order chi connectivity index (χ1) is 9.83. The van der Waals surface area contributed by atoms with Crippen LogP contribution in [0, 0.1) is 0 Å². The second kappa shape index (κ2) is 5.61. The van der Waals surface area contributed by atoms with Gasteiger partial charge in [-0.05, 0) is 17.7 Å². The van der Waals surface area contributed by atoms with Crippen molar-refractivity contribution in [2.45, 2.75) is 6.54 Å². The van der Waals surface area contributed by atoms with Crippen LogP contribution in [0.2, 0.25) is 0 Å². The Balaban J connectivity index is 1.63. The zero-order valence-electron chi connectivity index (χ0n) is 11.1. The highest BCUT2D eigenvalue weighted by molar-refractivity contribution is 6.04. The van der Waals surface area contributed by atoms with Crippen molar-refractivity contribution in [2.75, 3.05) is 11.4 Å². The molecule has 0 radical (unpaired) electrons. The molecule has 0 spiro atoms. The van der Waals surface area contributed by atoms with E-state index in [0.717, 1.165) is 17.9 Å². The van der Waals surface area contributed by atoms with Crippen LogP contribution in [0.3, 0.4) is 0 Å². The summed E-state index contributed by atoms with van der Waals surface area (Å²) in [4.78, 5) is 13.8. The minimum absolute atomic E-state index is 0.0340. The Labute approximate surface area is 118 Å². The summed E-state index contributed by atoms with van der Waals surface area (Å²) in [5.74, 6) is 0.0340. The predicted octanol–water partition coefficient (Wildman–Crippen LogP) is 2.71. The fraction of sp³-hybridized carbons (Fsp3) is 0.118. The SMILES string of the molecule is O=C1C=C(NCc2ccccc2)CN1c1ccccc1. The van der Waals surface area contributed by atoms with Crippen molar-refractivity contribution in [3.05, 3.63) is 78.0 Å². The van der Waals surface area contributed by atoms with Gasteiger partial charge in [0.25, 0.3) is 5.91 Å². The molecule has 20 heavy (non-hydrogen) atoms. The van der Waals surface area contributed by atoms with Crippen molar-refractivity contribution >= 4 is 11.6 Å². The molecule has 0 bridgehead atoms. The van der Waals surface area contributed by atoms with Gasteiger partial charge in [0.1, 0.15) is 0 Å². The third kappa shape index (κ3) is 2.72. The number of carbonyl (C=O) groups is 1. The van der Waals surface area contributed by atoms with E-state index in [0.29, 0.717) is 6.54 Å². The molecule has 3 nitrogen and oxygen atoms in total. The quantitative estimate of drug-likeness (QED) is 0.921. The molecule has 3 rings (SSSR count). The zero-order valence-corrected chi connectivity index (χ0v) is 11.1. The zero-order chi connectivity index (χ0) is 13.8. The lowest BCUT2D eigenvalue weighted by Gasteiger charge is -2.17. The fourth-order valence-electron chi connectivity index (χ4n) is 2.27. The fourth-order valence-corrected chi connectivity index (χ4v) is 2.27. The van der Waals surface area contributed by atoms with Gasteiger partial charge in [-0.2, -0.15) is 0 Å². The molecule has 0 saturated carbocycles. The lowest BCUT2D eigenvalue weighted by molar-refractivity contribution is -0.113. The second-order valence-corrected chi connectivity index (χ2v) is 4.77. The van der Waals surface area contributed by atoms with Crippen molar-refractivity contribution in [1.29, 1.82) is 0 Å². The summed E-state index contributed by atoms with van der Waals surface area (Å²) in [6.07, 6.45) is 1.68. The minimum atomic E-state index is 0.0340. The maximum absolute atomic E-state index is 12.0. The highest BCUT2D eigenvalue weighted by Crippen LogP contribution is 2.19. The molecule has 0 aromatic heterocycles. The van der Waals surface area contributed by atoms with E-state index in [1.165, 1.54) is 5.56 Å². The van der Waals surface area contributed by atoms with E-state index in [9.17, 15) is 4.79 Å². The number of hydrogen-bond acceptors (Lipinski definition) is 2. The van der Waals surface area contributed by atoms with Gasteiger partial charge < -0.3 is 10.2 Å². The molecule has 0 fully saturated rings. The molecule has 100 valence electrons. The molecule has 0 saturated heterocycles. The molecule has 1 amide bonds. The summed E-state index contributed by atoms with van der Waals surface area (Å²) in [5, 5.41) is 3.33. The van der Waals surface area contributed by atoms with Crippen LogP contribution in [0.15, 0.2) is 72.4 Å². The van der Waals surface area contributed by atoms with E-state index in [1.54, 1.807) is 11.0 Å². The molecule has 3 heteroatoms. The molecule has 2 aromatic carbocycles. The molecule has 0 aliphatic carbocycles. The Bertz CT molecular complexity index is 620. The predicted molar refractivity (Wildman–Crippen MR) is 80.2 cm³/mol. The lowest BCUT2D eigenvalue weighted by Crippen LogP contribution is -2.27. The van der Waals surface area contributed by atoms with Gasteiger partial charge in [-0.3, -0.25) is 4.79 Å². The van der Waals surface area contributed by atoms with Gasteiger partial charge in [0.2, 0.25) is 0 Å². The van der Waals surface area contributed by atoms with Crippen LogP contribution in [-0.2, 0) is 11.3 Å². The second-order valence-electron chi connectivity index (χ2n) is 4.77. The van der Waals surface area contributed by atoms with E-state index in [-0.39, 0.29) is 5.91 Å². The van der Waals surface area contributed by atoms with Gasteiger partial charge in [-0.25, -0.2) is 0 Å². The van der Waals surface area contributed by atoms with E-state index < -0.39 is 0 Å². The Morgan fingerprint density at radius 1 is 0.950 bits per heavy atom. The van der Waals surface area contributed by atoms with Crippen LogP contribution >= 0.6 is 0 Å². The monoisotopic (exact) mass is 264 g/mol. The van der Waals surface area contributed by atoms with Crippen molar-refractivity contribution in [1.82, 2.24) is 5.32 Å². The maximum Gasteiger partial charge on any atom is 0.253 e. The van der Waals surface area contributed by atoms with Gasteiger partial charge in [0.05, 0.1) is 6.54 Å². The number of hydrogen-bond donors (Lipinski definition) is 1. The molecule has 2 aromatic rings. The Kier molecular flexibility index (Phi) is 3.50. The molecular formula is C17H16N2O. The third-order valence-electron chi connectivity index (χ3n) is 3.32. The van der Waals surface area contributed by atoms with Crippen LogP contribution in [-0.4, -0.2) is 12.5 Å². The van der Waals surface area contributed by atoms with Crippen LogP contribution in [0.1, 0.15) is 5.56 Å². The molecule has 1 heterocycles. The molecule has 0 unspecified atom stereocenters. The molecule has 0 atom stereocenters. The first-order valence-electron chi connectivity index (χ1n) is 6.68. The summed E-state index contributed by atoms with van der Waals surface area (Å²) >= 11 is 0. The summed E-state index contributed by atoms with van der Waals surface area (Å²) in [7, 11) is 0. The number of benzene rings is 2. The largest absolute Gasteiger partial charge is 0.383 e. The Hall–Kier alpha value is -2.55. The average Bonchev–Trinajstić information content (AvgIpc) is 2.88. The van der Waals surface area contributed by atoms with Crippen LogP contribution in [0.5, 0.6) is 0 Å². The van der Waals surface area contributed by atoms with Crippen LogP contribution in [0.4, 0.5) is 5.69 Å². The Morgan fingerprint density at radius 2 is 1.60 bits per heavy atom. The van der Waals surface area contributed by atoms with Gasteiger partial charge in [0, 0.05) is 24.0 Å². The van der Waals surface area contributed by atoms with E-state index in [4.69, 9.17) is 0 Å². The number of rotatable bonds is 4. The van der Waals surface area contributed by atoms with Crippen LogP contribution < -0.4 is 10.2 Å². The maximum atomic E-state index is 12.0. The highest BCUT2D eigenvalue weighted by atomic mass is 16.2. The van der Waals surface area contributed by atoms with Gasteiger partial charge in [-0.1, -0.05) is 48.5 Å². The van der Waals surface area contributed by atoms with E-state index in [1.807, 2.05) is 48.5 Å². The number of nitrogens with zero attached hydrogens (tertiary/aromatic N) is 1. The summed E-state index contributed by atoms with van der Waals surface area (Å²) in [5.41, 5.74) is 3.10. The summed E-state index contributed by atoms with van der Waals surface area (Å²) in [6.45, 7) is 1.35. The smallest absolute Gasteiger partial charge is 0.253 e. The van der Waals surface area contributed by atoms with E-state index in [2.05, 4.69) is 17.4 Å². The van der Waals surface area contributed by atoms with Crippen molar-refractivity contribution in [2.24, 2.45) is 0 Å². The number of carbonyl (C=O) groups excluding carboxylic acids is 1. The molecule has 1 aliphatic rings. The van der Waals surface area contributed by atoms with Gasteiger partial charge in [-0.15, -0.1) is 0 Å². The Morgan fingerprint density at radius 3 is 2.30 bits per heavy atom. The molecule has 1 N–H and O–H groups in total. The average molecular weight is 264 g/mol. The summed E-state index contributed by atoms with van der Waals surface area (Å²) in [6, 6.07) is 19.9. The molecular weight excluding hydrogens is 248 g/mol. The van der Waals surface area contributed by atoms with Crippen molar-refractivity contribution in [3.63, 3.8) is 0 Å². The van der Waals surface area contributed by atoms with Crippen molar-refractivity contribution < 1.29 is 4.79 Å². The summed E-state index contributed by atoms with van der Waals surface area (Å²) < 4.78 is 0. The van der Waals surface area contributed by atoms with Gasteiger partial charge >= 0.3 is 0 Å². The number of nitrogens with one attached hydrogen (secondary N) is 1. The highest BCUT2D eigenvalue weighted by Gasteiger charge is 2.22. The number of anilines is 1. The first-order valence-corrected chi connectivity index (χ1v) is 6.68. The number of amides is 1. The normalized spacial score (nSPS) is 14.3. The standard InChI is InChI=1S/C17H16N2O/c20-17-11-15(18-12-14-7-3-1-4-8-14)13-19(17)16-9-5-2-6-10-16/h1-11,18H,12-13H2. The minimum Gasteiger partial charge on any atom is -0.383 e. The van der Waals surface area contributed by atoms with Crippen LogP contribution in [0.25, 0.3) is 0 Å². The lowest BCUT2D eigenvalue weighted by atomic mass is 10.2. The topological polar surface area (TPSA) is 32.3 Å². The van der Waals surface area contributed by atoms with Gasteiger partial charge in [0.15, 0.2) is 0 Å². The third-order valence-corrected chi connectivity index (χ3v) is 3.32. The molecule has 1 aliphatic heterocycles. The van der Waals surface area contributed by atoms with E-state index >= 15 is 0 Å². The van der Waals surface area contributed by atoms with Crippen molar-refractivity contribution in [3.8, 4) is 0 Å². The number of para-hydroxylation sites is 1. The first kappa shape index (κ1) is 12.5.